The molecular formula is C13H13ClN2. The molecule has 0 aliphatic carbocycles. The van der Waals surface area contributed by atoms with Crippen LogP contribution in [-0.2, 0) is 0 Å². The molecular weight excluding hydrogens is 220 g/mol. The number of benzene rings is 2. The number of hydrazine groups is 1. The maximum atomic E-state index is 6.25. The van der Waals surface area contributed by atoms with Gasteiger partial charge in [-0.3, -0.25) is 5.84 Å². The number of hydrogen-bond acceptors (Lipinski definition) is 2. The van der Waals surface area contributed by atoms with Crippen LogP contribution in [0.1, 0.15) is 5.56 Å². The van der Waals surface area contributed by atoms with Crippen molar-refractivity contribution in [3.8, 4) is 11.1 Å². The van der Waals surface area contributed by atoms with E-state index in [9.17, 15) is 0 Å². The summed E-state index contributed by atoms with van der Waals surface area (Å²) in [5.74, 6) is 5.37. The fourth-order valence-electron chi connectivity index (χ4n) is 1.80. The van der Waals surface area contributed by atoms with Crippen molar-refractivity contribution in [3.63, 3.8) is 0 Å². The third-order valence-electron chi connectivity index (χ3n) is 2.52. The number of halogens is 1. The van der Waals surface area contributed by atoms with Crippen molar-refractivity contribution in [2.24, 2.45) is 5.84 Å². The molecule has 0 aliphatic rings. The molecule has 0 unspecified atom stereocenters. The van der Waals surface area contributed by atoms with Crippen LogP contribution in [0, 0.1) is 6.92 Å². The Balaban J connectivity index is 2.58. The van der Waals surface area contributed by atoms with E-state index >= 15 is 0 Å². The second kappa shape index (κ2) is 4.56. The minimum absolute atomic E-state index is 0.708. The summed E-state index contributed by atoms with van der Waals surface area (Å²) in [5, 5.41) is 0.708. The molecule has 0 bridgehead atoms. The zero-order chi connectivity index (χ0) is 11.5. The first-order valence-corrected chi connectivity index (χ1v) is 5.42. The van der Waals surface area contributed by atoms with Gasteiger partial charge < -0.3 is 5.43 Å². The van der Waals surface area contributed by atoms with Gasteiger partial charge in [-0.2, -0.15) is 0 Å². The summed E-state index contributed by atoms with van der Waals surface area (Å²) in [4.78, 5) is 0. The second-order valence-corrected chi connectivity index (χ2v) is 4.07. The average Bonchev–Trinajstić information content (AvgIpc) is 2.29. The first-order chi connectivity index (χ1) is 7.72. The van der Waals surface area contributed by atoms with Crippen molar-refractivity contribution in [1.29, 1.82) is 0 Å². The summed E-state index contributed by atoms with van der Waals surface area (Å²) in [6.45, 7) is 2.02. The highest BCUT2D eigenvalue weighted by Crippen LogP contribution is 2.33. The highest BCUT2D eigenvalue weighted by Gasteiger charge is 2.08. The SMILES string of the molecule is Cc1cc(NN)cc(Cl)c1-c1ccccc1. The molecule has 16 heavy (non-hydrogen) atoms. The zero-order valence-corrected chi connectivity index (χ0v) is 9.75. The van der Waals surface area contributed by atoms with E-state index in [4.69, 9.17) is 17.4 Å². The molecule has 0 saturated carbocycles. The summed E-state index contributed by atoms with van der Waals surface area (Å²) in [6, 6.07) is 13.9. The molecule has 0 amide bonds. The average molecular weight is 233 g/mol. The van der Waals surface area contributed by atoms with E-state index in [-0.39, 0.29) is 0 Å². The largest absolute Gasteiger partial charge is 0.324 e. The molecule has 3 heteroatoms. The summed E-state index contributed by atoms with van der Waals surface area (Å²) < 4.78 is 0. The van der Waals surface area contributed by atoms with Gasteiger partial charge >= 0.3 is 0 Å². The molecule has 3 N–H and O–H groups in total. The fraction of sp³-hybridized carbons (Fsp3) is 0.0769. The molecule has 0 saturated heterocycles. The molecule has 0 aromatic heterocycles. The summed E-state index contributed by atoms with van der Waals surface area (Å²) in [6.07, 6.45) is 0. The van der Waals surface area contributed by atoms with E-state index in [0.29, 0.717) is 5.02 Å². The van der Waals surface area contributed by atoms with Crippen LogP contribution in [0.4, 0.5) is 5.69 Å². The molecule has 2 aromatic carbocycles. The Labute approximate surface area is 100 Å². The van der Waals surface area contributed by atoms with E-state index in [1.165, 1.54) is 0 Å². The Bertz CT molecular complexity index is 472. The standard InChI is InChI=1S/C13H13ClN2/c1-9-7-11(16-15)8-12(14)13(9)10-5-3-2-4-6-10/h2-8,16H,15H2,1H3. The number of hydrogen-bond donors (Lipinski definition) is 2. The quantitative estimate of drug-likeness (QED) is 0.613. The zero-order valence-electron chi connectivity index (χ0n) is 9.00. The van der Waals surface area contributed by atoms with Crippen LogP contribution in [0.3, 0.4) is 0 Å². The van der Waals surface area contributed by atoms with Crippen LogP contribution in [-0.4, -0.2) is 0 Å². The van der Waals surface area contributed by atoms with Crippen molar-refractivity contribution in [1.82, 2.24) is 0 Å². The lowest BCUT2D eigenvalue weighted by molar-refractivity contribution is 1.33. The molecule has 2 aromatic rings. The van der Waals surface area contributed by atoms with Gasteiger partial charge in [0.15, 0.2) is 0 Å². The van der Waals surface area contributed by atoms with Gasteiger partial charge in [-0.25, -0.2) is 0 Å². The van der Waals surface area contributed by atoms with Crippen LogP contribution >= 0.6 is 11.6 Å². The molecule has 0 heterocycles. The summed E-state index contributed by atoms with van der Waals surface area (Å²) in [7, 11) is 0. The van der Waals surface area contributed by atoms with Crippen molar-refractivity contribution in [3.05, 3.63) is 53.1 Å². The number of nitrogen functional groups attached to an aromatic ring is 1. The van der Waals surface area contributed by atoms with Crippen LogP contribution in [0.15, 0.2) is 42.5 Å². The predicted octanol–water partition coefficient (Wildman–Crippen LogP) is 3.60. The monoisotopic (exact) mass is 232 g/mol. The Morgan fingerprint density at radius 2 is 1.81 bits per heavy atom. The lowest BCUT2D eigenvalue weighted by atomic mass is 10.00. The number of nitrogens with one attached hydrogen (secondary N) is 1. The highest BCUT2D eigenvalue weighted by molar-refractivity contribution is 6.33. The summed E-state index contributed by atoms with van der Waals surface area (Å²) in [5.41, 5.74) is 6.70. The number of rotatable bonds is 2. The van der Waals surface area contributed by atoms with Crippen molar-refractivity contribution >= 4 is 17.3 Å². The van der Waals surface area contributed by atoms with E-state index in [2.05, 4.69) is 5.43 Å². The van der Waals surface area contributed by atoms with E-state index < -0.39 is 0 Å². The Hall–Kier alpha value is -1.51. The third-order valence-corrected chi connectivity index (χ3v) is 2.81. The maximum absolute atomic E-state index is 6.25. The van der Waals surface area contributed by atoms with Gasteiger partial charge in [-0.05, 0) is 30.2 Å². The van der Waals surface area contributed by atoms with Crippen molar-refractivity contribution in [2.75, 3.05) is 5.43 Å². The van der Waals surface area contributed by atoms with Crippen molar-refractivity contribution in [2.45, 2.75) is 6.92 Å². The number of anilines is 1. The van der Waals surface area contributed by atoms with Gasteiger partial charge in [-0.15, -0.1) is 0 Å². The van der Waals surface area contributed by atoms with Gasteiger partial charge in [-0.1, -0.05) is 41.9 Å². The molecule has 82 valence electrons. The van der Waals surface area contributed by atoms with Crippen LogP contribution in [0.2, 0.25) is 5.02 Å². The molecule has 0 spiro atoms. The molecule has 2 rings (SSSR count). The lowest BCUT2D eigenvalue weighted by Crippen LogP contribution is -2.07. The molecule has 2 nitrogen and oxygen atoms in total. The van der Waals surface area contributed by atoms with E-state index in [0.717, 1.165) is 22.4 Å². The molecule has 0 aliphatic heterocycles. The molecule has 0 fully saturated rings. The van der Waals surface area contributed by atoms with Crippen LogP contribution in [0.5, 0.6) is 0 Å². The van der Waals surface area contributed by atoms with E-state index in [1.807, 2.05) is 49.4 Å². The van der Waals surface area contributed by atoms with Gasteiger partial charge in [0.2, 0.25) is 0 Å². The minimum Gasteiger partial charge on any atom is -0.324 e. The Morgan fingerprint density at radius 3 is 2.38 bits per heavy atom. The second-order valence-electron chi connectivity index (χ2n) is 3.66. The fourth-order valence-corrected chi connectivity index (χ4v) is 2.17. The first-order valence-electron chi connectivity index (χ1n) is 5.04. The normalized spacial score (nSPS) is 10.2. The molecule has 0 radical (unpaired) electrons. The first kappa shape index (κ1) is 11.0. The van der Waals surface area contributed by atoms with Crippen molar-refractivity contribution < 1.29 is 0 Å². The number of nitrogens with two attached hydrogens (primary N) is 1. The third kappa shape index (κ3) is 2.03. The predicted molar refractivity (Wildman–Crippen MR) is 69.4 cm³/mol. The minimum atomic E-state index is 0.708. The number of aryl methyl sites for hydroxylation is 1. The van der Waals surface area contributed by atoms with Crippen LogP contribution in [0.25, 0.3) is 11.1 Å². The van der Waals surface area contributed by atoms with Gasteiger partial charge in [0, 0.05) is 5.56 Å². The van der Waals surface area contributed by atoms with Gasteiger partial charge in [0.05, 0.1) is 10.7 Å². The Kier molecular flexibility index (Phi) is 3.13. The summed E-state index contributed by atoms with van der Waals surface area (Å²) >= 11 is 6.25. The topological polar surface area (TPSA) is 38.0 Å². The van der Waals surface area contributed by atoms with Gasteiger partial charge in [0.25, 0.3) is 0 Å². The highest BCUT2D eigenvalue weighted by atomic mass is 35.5. The molecule has 0 atom stereocenters. The maximum Gasteiger partial charge on any atom is 0.0508 e. The van der Waals surface area contributed by atoms with Crippen LogP contribution < -0.4 is 11.3 Å². The van der Waals surface area contributed by atoms with Gasteiger partial charge in [0.1, 0.15) is 0 Å². The Morgan fingerprint density at radius 1 is 1.12 bits per heavy atom. The van der Waals surface area contributed by atoms with E-state index in [1.54, 1.807) is 0 Å². The smallest absolute Gasteiger partial charge is 0.0508 e. The lowest BCUT2D eigenvalue weighted by Gasteiger charge is -2.11.